The molecule has 0 aliphatic carbocycles. The summed E-state index contributed by atoms with van der Waals surface area (Å²) in [5, 5.41) is 7.13. The third kappa shape index (κ3) is 3.67. The molecule has 0 aliphatic heterocycles. The maximum absolute atomic E-state index is 6.55. The molecule has 0 spiro atoms. The van der Waals surface area contributed by atoms with Crippen molar-refractivity contribution in [3.8, 4) is 28.2 Å². The van der Waals surface area contributed by atoms with Crippen molar-refractivity contribution in [2.75, 3.05) is 0 Å². The lowest BCUT2D eigenvalue weighted by Crippen LogP contribution is -1.98. The molecule has 3 nitrogen and oxygen atoms in total. The van der Waals surface area contributed by atoms with Gasteiger partial charge in [0.15, 0.2) is 0 Å². The van der Waals surface area contributed by atoms with Crippen LogP contribution in [0.25, 0.3) is 92.1 Å². The van der Waals surface area contributed by atoms with Crippen LogP contribution in [0.3, 0.4) is 0 Å². The summed E-state index contributed by atoms with van der Waals surface area (Å²) in [5.74, 6) is 0. The van der Waals surface area contributed by atoms with Gasteiger partial charge >= 0.3 is 0 Å². The largest absolute Gasteiger partial charge is 0.455 e. The SMILES string of the molecule is c1ccc(-c2cc(-n3c4ccccc4c4c5oc6ccccc6c5ccc43)cc(-c3ccc4sc5ccccc5c4c3)n2)cc1. The van der Waals surface area contributed by atoms with Crippen LogP contribution in [-0.4, -0.2) is 9.55 Å². The number of rotatable bonds is 3. The van der Waals surface area contributed by atoms with Gasteiger partial charge in [-0.15, -0.1) is 11.3 Å². The van der Waals surface area contributed by atoms with Gasteiger partial charge in [-0.2, -0.15) is 0 Å². The molecule has 0 saturated carbocycles. The van der Waals surface area contributed by atoms with Crippen molar-refractivity contribution in [3.63, 3.8) is 0 Å². The average Bonchev–Trinajstić information content (AvgIpc) is 3.77. The molecule has 6 aromatic carbocycles. The lowest BCUT2D eigenvalue weighted by molar-refractivity contribution is 0.673. The molecule has 0 amide bonds. The molecule has 0 fully saturated rings. The van der Waals surface area contributed by atoms with Gasteiger partial charge in [0.2, 0.25) is 0 Å². The Morgan fingerprint density at radius 1 is 0.489 bits per heavy atom. The Morgan fingerprint density at radius 2 is 1.20 bits per heavy atom. The molecule has 0 radical (unpaired) electrons. The van der Waals surface area contributed by atoms with Gasteiger partial charge in [0.05, 0.1) is 33.5 Å². The van der Waals surface area contributed by atoms with E-state index in [4.69, 9.17) is 9.40 Å². The van der Waals surface area contributed by atoms with E-state index in [1.807, 2.05) is 17.4 Å². The fourth-order valence-electron chi connectivity index (χ4n) is 6.95. The first-order valence-corrected chi connectivity index (χ1v) is 15.9. The summed E-state index contributed by atoms with van der Waals surface area (Å²) in [5.41, 5.74) is 9.22. The number of aromatic nitrogens is 2. The second-order valence-electron chi connectivity index (χ2n) is 11.6. The predicted octanol–water partition coefficient (Wildman–Crippen LogP) is 11.8. The first kappa shape index (κ1) is 24.7. The predicted molar refractivity (Wildman–Crippen MR) is 190 cm³/mol. The number of hydrogen-bond donors (Lipinski definition) is 0. The van der Waals surface area contributed by atoms with Gasteiger partial charge in [0.25, 0.3) is 0 Å². The zero-order valence-corrected chi connectivity index (χ0v) is 24.9. The number of hydrogen-bond acceptors (Lipinski definition) is 3. The summed E-state index contributed by atoms with van der Waals surface area (Å²) in [6.07, 6.45) is 0. The summed E-state index contributed by atoms with van der Waals surface area (Å²) in [7, 11) is 0. The zero-order chi connectivity index (χ0) is 29.5. The van der Waals surface area contributed by atoms with E-state index in [9.17, 15) is 0 Å². The van der Waals surface area contributed by atoms with Crippen molar-refractivity contribution < 1.29 is 4.42 Å². The Balaban J connectivity index is 1.28. The highest BCUT2D eigenvalue weighted by Gasteiger charge is 2.20. The summed E-state index contributed by atoms with van der Waals surface area (Å²) < 4.78 is 11.5. The fourth-order valence-corrected chi connectivity index (χ4v) is 8.03. The number of thiophene rings is 1. The van der Waals surface area contributed by atoms with E-state index in [-0.39, 0.29) is 0 Å². The van der Waals surface area contributed by atoms with Crippen molar-refractivity contribution in [2.24, 2.45) is 0 Å². The minimum Gasteiger partial charge on any atom is -0.455 e. The highest BCUT2D eigenvalue weighted by molar-refractivity contribution is 7.25. The third-order valence-corrected chi connectivity index (χ3v) is 10.1. The molecule has 0 atom stereocenters. The van der Waals surface area contributed by atoms with Crippen molar-refractivity contribution >= 4 is 75.3 Å². The summed E-state index contributed by atoms with van der Waals surface area (Å²) >= 11 is 1.84. The molecule has 45 heavy (non-hydrogen) atoms. The number of benzene rings is 6. The molecule has 10 rings (SSSR count). The van der Waals surface area contributed by atoms with Crippen molar-refractivity contribution in [2.45, 2.75) is 0 Å². The van der Waals surface area contributed by atoms with Gasteiger partial charge in [-0.1, -0.05) is 91.0 Å². The van der Waals surface area contributed by atoms with Crippen LogP contribution in [-0.2, 0) is 0 Å². The smallest absolute Gasteiger partial charge is 0.145 e. The van der Waals surface area contributed by atoms with Crippen LogP contribution in [0.15, 0.2) is 150 Å². The molecule has 0 aliphatic rings. The molecular weight excluding hydrogens is 569 g/mol. The lowest BCUT2D eigenvalue weighted by atomic mass is 10.0. The first-order valence-electron chi connectivity index (χ1n) is 15.1. The Hall–Kier alpha value is -5.71. The van der Waals surface area contributed by atoms with Crippen molar-refractivity contribution in [1.82, 2.24) is 9.55 Å². The number of furan rings is 1. The fraction of sp³-hybridized carbons (Fsp3) is 0. The van der Waals surface area contributed by atoms with E-state index in [0.29, 0.717) is 0 Å². The van der Waals surface area contributed by atoms with Gasteiger partial charge < -0.3 is 8.98 Å². The average molecular weight is 593 g/mol. The summed E-state index contributed by atoms with van der Waals surface area (Å²) in [6, 6.07) is 51.7. The molecule has 0 N–H and O–H groups in total. The van der Waals surface area contributed by atoms with Crippen LogP contribution in [0.5, 0.6) is 0 Å². The quantitative estimate of drug-likeness (QED) is 0.204. The van der Waals surface area contributed by atoms with Crippen molar-refractivity contribution in [3.05, 3.63) is 146 Å². The summed E-state index contributed by atoms with van der Waals surface area (Å²) in [4.78, 5) is 5.27. The van der Waals surface area contributed by atoms with Crippen molar-refractivity contribution in [1.29, 1.82) is 0 Å². The molecule has 0 bridgehead atoms. The van der Waals surface area contributed by atoms with E-state index in [1.54, 1.807) is 0 Å². The maximum Gasteiger partial charge on any atom is 0.145 e. The lowest BCUT2D eigenvalue weighted by Gasteiger charge is -2.13. The van der Waals surface area contributed by atoms with E-state index < -0.39 is 0 Å². The molecule has 210 valence electrons. The van der Waals surface area contributed by atoms with E-state index in [2.05, 4.69) is 144 Å². The Kier molecular flexibility index (Phi) is 5.16. The molecular formula is C41H24N2OS. The van der Waals surface area contributed by atoms with E-state index >= 15 is 0 Å². The molecule has 0 saturated heterocycles. The molecule has 0 unspecified atom stereocenters. The topological polar surface area (TPSA) is 31.0 Å². The number of fused-ring (bicyclic) bond motifs is 10. The van der Waals surface area contributed by atoms with Crippen LogP contribution < -0.4 is 0 Å². The highest BCUT2D eigenvalue weighted by atomic mass is 32.1. The maximum atomic E-state index is 6.55. The highest BCUT2D eigenvalue weighted by Crippen LogP contribution is 2.42. The standard InChI is InChI=1S/C41H24N2OS/c1-2-10-25(11-3-1)33-23-27(24-34(42-33)26-18-21-39-32(22-26)29-13-6-9-17-38(29)45-39)43-35-15-7-4-14-31(35)40-36(43)20-19-30-28-12-5-8-16-37(28)44-41(30)40/h1-24H. The minimum atomic E-state index is 0.908. The Bertz CT molecular complexity index is 2770. The first-order chi connectivity index (χ1) is 22.3. The zero-order valence-electron chi connectivity index (χ0n) is 24.1. The van der Waals surface area contributed by atoms with Crippen LogP contribution in [0.4, 0.5) is 0 Å². The van der Waals surface area contributed by atoms with Gasteiger partial charge in [0, 0.05) is 47.5 Å². The van der Waals surface area contributed by atoms with Crippen LogP contribution >= 0.6 is 11.3 Å². The summed E-state index contributed by atoms with van der Waals surface area (Å²) in [6.45, 7) is 0. The van der Waals surface area contributed by atoms with Gasteiger partial charge in [-0.3, -0.25) is 0 Å². The second-order valence-corrected chi connectivity index (χ2v) is 12.6. The van der Waals surface area contributed by atoms with E-state index in [1.165, 1.54) is 25.6 Å². The van der Waals surface area contributed by atoms with Crippen LogP contribution in [0, 0.1) is 0 Å². The molecule has 10 aromatic rings. The molecule has 4 heteroatoms. The van der Waals surface area contributed by atoms with Gasteiger partial charge in [-0.05, 0) is 54.6 Å². The normalized spacial score (nSPS) is 12.0. The molecule has 4 aromatic heterocycles. The van der Waals surface area contributed by atoms with E-state index in [0.717, 1.165) is 66.6 Å². The van der Waals surface area contributed by atoms with Gasteiger partial charge in [0.1, 0.15) is 11.2 Å². The second kappa shape index (κ2) is 9.39. The number of para-hydroxylation sites is 2. The monoisotopic (exact) mass is 592 g/mol. The Labute approximate surface area is 262 Å². The minimum absolute atomic E-state index is 0.908. The number of nitrogens with zero attached hydrogens (tertiary/aromatic N) is 2. The third-order valence-electron chi connectivity index (χ3n) is 8.99. The van der Waals surface area contributed by atoms with Crippen LogP contribution in [0.2, 0.25) is 0 Å². The number of pyridine rings is 1. The van der Waals surface area contributed by atoms with Crippen LogP contribution in [0.1, 0.15) is 0 Å². The van der Waals surface area contributed by atoms with Gasteiger partial charge in [-0.25, -0.2) is 4.98 Å². The Morgan fingerprint density at radius 3 is 2.09 bits per heavy atom. The molecule has 4 heterocycles.